The lowest BCUT2D eigenvalue weighted by Crippen LogP contribution is -2.23. The molecule has 0 heterocycles. The van der Waals surface area contributed by atoms with Crippen LogP contribution in [0.5, 0.6) is 0 Å². The van der Waals surface area contributed by atoms with E-state index in [4.69, 9.17) is 5.11 Å². The molecule has 3 N–H and O–H groups in total. The van der Waals surface area contributed by atoms with Crippen LogP contribution in [0, 0.1) is 0 Å². The van der Waals surface area contributed by atoms with Crippen molar-refractivity contribution >= 4 is 10.0 Å². The second-order valence-corrected chi connectivity index (χ2v) is 5.19. The van der Waals surface area contributed by atoms with Crippen molar-refractivity contribution < 1.29 is 39.9 Å². The maximum absolute atomic E-state index is 12.7. The normalized spacial score (nSPS) is 13.6. The lowest BCUT2D eigenvalue weighted by Gasteiger charge is -2.20. The summed E-state index contributed by atoms with van der Waals surface area (Å²) in [5, 5.41) is 13.4. The molecule has 0 radical (unpaired) electrons. The van der Waals surface area contributed by atoms with Crippen LogP contribution in [-0.4, -0.2) is 13.5 Å². The SMILES string of the molecule is NS(=O)(=O)c1ccc(C(F)(F)F)c(C(F)(F)F)c1CO. The molecule has 1 aromatic carbocycles. The predicted octanol–water partition coefficient (Wildman–Crippen LogP) is 1.86. The minimum Gasteiger partial charge on any atom is -0.392 e. The first-order valence-electron chi connectivity index (χ1n) is 4.74. The predicted molar refractivity (Wildman–Crippen MR) is 53.7 cm³/mol. The molecule has 0 amide bonds. The third kappa shape index (κ3) is 3.22. The second kappa shape index (κ2) is 4.90. The quantitative estimate of drug-likeness (QED) is 0.815. The lowest BCUT2D eigenvalue weighted by atomic mass is 10.00. The van der Waals surface area contributed by atoms with E-state index < -0.39 is 50.6 Å². The number of sulfonamides is 1. The average molecular weight is 323 g/mol. The Morgan fingerprint density at radius 2 is 1.55 bits per heavy atom. The van der Waals surface area contributed by atoms with Crippen molar-refractivity contribution in [3.63, 3.8) is 0 Å². The zero-order valence-corrected chi connectivity index (χ0v) is 10.2. The Bertz CT molecular complexity index is 620. The summed E-state index contributed by atoms with van der Waals surface area (Å²) in [6.45, 7) is -1.56. The van der Waals surface area contributed by atoms with Crippen LogP contribution in [0.3, 0.4) is 0 Å². The zero-order chi connectivity index (χ0) is 15.9. The molecule has 0 bridgehead atoms. The highest BCUT2D eigenvalue weighted by Crippen LogP contribution is 2.43. The van der Waals surface area contributed by atoms with Gasteiger partial charge in [0.1, 0.15) is 0 Å². The minimum absolute atomic E-state index is 0.0400. The van der Waals surface area contributed by atoms with Gasteiger partial charge in [-0.25, -0.2) is 13.6 Å². The molecular weight excluding hydrogens is 316 g/mol. The van der Waals surface area contributed by atoms with Crippen LogP contribution >= 0.6 is 0 Å². The van der Waals surface area contributed by atoms with Gasteiger partial charge in [0, 0.05) is 5.56 Å². The first-order chi connectivity index (χ1) is 8.80. The monoisotopic (exact) mass is 323 g/mol. The summed E-state index contributed by atoms with van der Waals surface area (Å²) in [5.74, 6) is 0. The van der Waals surface area contributed by atoms with Crippen LogP contribution in [0.2, 0.25) is 0 Å². The molecule has 0 aliphatic rings. The Hall–Kier alpha value is -1.33. The fraction of sp³-hybridized carbons (Fsp3) is 0.333. The molecule has 0 aromatic heterocycles. The summed E-state index contributed by atoms with van der Waals surface area (Å²) in [5.41, 5.74) is -5.80. The first-order valence-corrected chi connectivity index (χ1v) is 6.28. The largest absolute Gasteiger partial charge is 0.417 e. The molecule has 1 rings (SSSR count). The van der Waals surface area contributed by atoms with Crippen LogP contribution in [0.1, 0.15) is 16.7 Å². The summed E-state index contributed by atoms with van der Waals surface area (Å²) >= 11 is 0. The Morgan fingerprint density at radius 3 is 1.85 bits per heavy atom. The fourth-order valence-corrected chi connectivity index (χ4v) is 2.38. The first kappa shape index (κ1) is 16.7. The number of hydrogen-bond acceptors (Lipinski definition) is 3. The summed E-state index contributed by atoms with van der Waals surface area (Å²) in [6, 6.07) is 0.237. The van der Waals surface area contributed by atoms with Crippen molar-refractivity contribution in [1.82, 2.24) is 0 Å². The topological polar surface area (TPSA) is 80.4 Å². The van der Waals surface area contributed by atoms with Gasteiger partial charge in [-0.15, -0.1) is 0 Å². The van der Waals surface area contributed by atoms with E-state index in [1.807, 2.05) is 0 Å². The van der Waals surface area contributed by atoms with Crippen molar-refractivity contribution in [2.75, 3.05) is 0 Å². The Kier molecular flexibility index (Phi) is 4.09. The molecule has 114 valence electrons. The summed E-state index contributed by atoms with van der Waals surface area (Å²) in [6.07, 6.45) is -10.9. The van der Waals surface area contributed by atoms with Crippen molar-refractivity contribution in [3.05, 3.63) is 28.8 Å². The zero-order valence-electron chi connectivity index (χ0n) is 9.38. The highest BCUT2D eigenvalue weighted by atomic mass is 32.2. The number of benzene rings is 1. The van der Waals surface area contributed by atoms with Gasteiger partial charge in [0.15, 0.2) is 0 Å². The molecule has 0 spiro atoms. The van der Waals surface area contributed by atoms with Crippen molar-refractivity contribution in [1.29, 1.82) is 0 Å². The van der Waals surface area contributed by atoms with Crippen LogP contribution in [0.15, 0.2) is 17.0 Å². The second-order valence-electron chi connectivity index (χ2n) is 3.66. The van der Waals surface area contributed by atoms with Crippen LogP contribution in [0.4, 0.5) is 26.3 Å². The van der Waals surface area contributed by atoms with E-state index in [-0.39, 0.29) is 12.1 Å². The standard InChI is InChI=1S/C9H7F6NO3S/c10-8(11,12)5-1-2-6(20(16,18)19)4(3-17)7(5)9(13,14)15/h1-2,17H,3H2,(H2,16,18,19). The van der Waals surface area contributed by atoms with Gasteiger partial charge in [-0.3, -0.25) is 0 Å². The number of rotatable bonds is 2. The molecule has 0 unspecified atom stereocenters. The Morgan fingerprint density at radius 1 is 1.05 bits per heavy atom. The van der Waals surface area contributed by atoms with Gasteiger partial charge < -0.3 is 5.11 Å². The highest BCUT2D eigenvalue weighted by molar-refractivity contribution is 7.89. The molecule has 0 aliphatic carbocycles. The Labute approximate surface area is 108 Å². The maximum atomic E-state index is 12.7. The summed E-state index contributed by atoms with van der Waals surface area (Å²) in [7, 11) is -4.72. The number of aliphatic hydroxyl groups is 1. The maximum Gasteiger partial charge on any atom is 0.417 e. The number of nitrogens with two attached hydrogens (primary N) is 1. The molecule has 0 fully saturated rings. The van der Waals surface area contributed by atoms with E-state index in [9.17, 15) is 34.8 Å². The molecule has 0 saturated heterocycles. The number of hydrogen-bond donors (Lipinski definition) is 2. The smallest absolute Gasteiger partial charge is 0.392 e. The Balaban J connectivity index is 3.89. The van der Waals surface area contributed by atoms with Crippen molar-refractivity contribution in [2.45, 2.75) is 23.9 Å². The number of halogens is 6. The molecule has 0 atom stereocenters. The van der Waals surface area contributed by atoms with E-state index in [1.165, 1.54) is 0 Å². The third-order valence-electron chi connectivity index (χ3n) is 2.32. The van der Waals surface area contributed by atoms with Gasteiger partial charge >= 0.3 is 12.4 Å². The molecular formula is C9H7F6NO3S. The minimum atomic E-state index is -5.51. The van der Waals surface area contributed by atoms with Gasteiger partial charge in [0.05, 0.1) is 22.6 Å². The van der Waals surface area contributed by atoms with Gasteiger partial charge in [-0.1, -0.05) is 0 Å². The number of alkyl halides is 6. The van der Waals surface area contributed by atoms with Gasteiger partial charge in [-0.05, 0) is 12.1 Å². The van der Waals surface area contributed by atoms with E-state index in [0.29, 0.717) is 0 Å². The lowest BCUT2D eigenvalue weighted by molar-refractivity contribution is -0.163. The summed E-state index contributed by atoms with van der Waals surface area (Å²) < 4.78 is 98.1. The van der Waals surface area contributed by atoms with Crippen molar-refractivity contribution in [3.8, 4) is 0 Å². The van der Waals surface area contributed by atoms with Gasteiger partial charge in [0.25, 0.3) is 0 Å². The third-order valence-corrected chi connectivity index (χ3v) is 3.32. The molecule has 0 saturated carbocycles. The number of primary sulfonamides is 1. The highest BCUT2D eigenvalue weighted by Gasteiger charge is 2.46. The van der Waals surface area contributed by atoms with Crippen molar-refractivity contribution in [2.24, 2.45) is 5.14 Å². The fourth-order valence-electron chi connectivity index (χ4n) is 1.61. The van der Waals surface area contributed by atoms with E-state index >= 15 is 0 Å². The van der Waals surface area contributed by atoms with E-state index in [2.05, 4.69) is 5.14 Å². The molecule has 4 nitrogen and oxygen atoms in total. The molecule has 11 heteroatoms. The molecule has 20 heavy (non-hydrogen) atoms. The van der Waals surface area contributed by atoms with Crippen LogP contribution in [0.25, 0.3) is 0 Å². The summed E-state index contributed by atoms with van der Waals surface area (Å²) in [4.78, 5) is -1.21. The van der Waals surface area contributed by atoms with Gasteiger partial charge in [0.2, 0.25) is 10.0 Å². The number of aliphatic hydroxyl groups excluding tert-OH is 1. The van der Waals surface area contributed by atoms with E-state index in [1.54, 1.807) is 0 Å². The molecule has 0 aliphatic heterocycles. The average Bonchev–Trinajstić information content (AvgIpc) is 2.23. The van der Waals surface area contributed by atoms with Gasteiger partial charge in [-0.2, -0.15) is 26.3 Å². The van der Waals surface area contributed by atoms with Crippen LogP contribution < -0.4 is 5.14 Å². The van der Waals surface area contributed by atoms with Crippen LogP contribution in [-0.2, 0) is 29.0 Å². The van der Waals surface area contributed by atoms with E-state index in [0.717, 1.165) is 0 Å². The molecule has 1 aromatic rings.